The molecule has 2 aromatic rings. The Balaban J connectivity index is 2.11. The molecule has 0 fully saturated rings. The second-order valence-corrected chi connectivity index (χ2v) is 6.58. The van der Waals surface area contributed by atoms with Crippen molar-refractivity contribution in [3.8, 4) is 23.0 Å². The van der Waals surface area contributed by atoms with Crippen LogP contribution in [0.3, 0.4) is 0 Å². The quantitative estimate of drug-likeness (QED) is 0.801. The number of fused-ring (bicyclic) bond motifs is 4. The summed E-state index contributed by atoms with van der Waals surface area (Å²) in [7, 11) is 6.17. The van der Waals surface area contributed by atoms with Gasteiger partial charge in [0.1, 0.15) is 23.0 Å². The molecule has 0 N–H and O–H groups in total. The van der Waals surface area contributed by atoms with Crippen molar-refractivity contribution < 1.29 is 28.5 Å². The van der Waals surface area contributed by atoms with Crippen LogP contribution in [0, 0.1) is 0 Å². The number of ketones is 2. The highest BCUT2D eigenvalue weighted by Crippen LogP contribution is 2.35. The van der Waals surface area contributed by atoms with Crippen LogP contribution in [0.1, 0.15) is 44.7 Å². The third-order valence-electron chi connectivity index (χ3n) is 5.05. The molecule has 3 rings (SSSR count). The van der Waals surface area contributed by atoms with E-state index in [0.29, 0.717) is 47.0 Å². The Morgan fingerprint density at radius 2 is 0.893 bits per heavy atom. The molecule has 0 saturated heterocycles. The molecule has 0 radical (unpaired) electrons. The lowest BCUT2D eigenvalue weighted by Gasteiger charge is -2.17. The minimum Gasteiger partial charge on any atom is -0.496 e. The molecule has 2 aromatic carbocycles. The highest BCUT2D eigenvalue weighted by Gasteiger charge is 2.22. The summed E-state index contributed by atoms with van der Waals surface area (Å²) < 4.78 is 21.7. The molecule has 1 aliphatic carbocycles. The fourth-order valence-electron chi connectivity index (χ4n) is 3.52. The van der Waals surface area contributed by atoms with E-state index in [4.69, 9.17) is 18.9 Å². The lowest BCUT2D eigenvalue weighted by molar-refractivity contribution is 0.0975. The average molecular weight is 384 g/mol. The molecule has 0 heterocycles. The third-order valence-corrected chi connectivity index (χ3v) is 5.05. The molecule has 0 aliphatic heterocycles. The van der Waals surface area contributed by atoms with Gasteiger partial charge in [-0.05, 0) is 36.1 Å². The number of hydrogen-bond acceptors (Lipinski definition) is 6. The predicted molar refractivity (Wildman–Crippen MR) is 104 cm³/mol. The molecule has 0 spiro atoms. The molecule has 0 atom stereocenters. The Kier molecular flexibility index (Phi) is 5.87. The van der Waals surface area contributed by atoms with Crippen LogP contribution in [0.4, 0.5) is 0 Å². The zero-order valence-electron chi connectivity index (χ0n) is 16.6. The number of Topliss-reactive ketones (excluding diaryl/α,β-unsaturated/α-hetero) is 2. The Bertz CT molecular complexity index is 840. The summed E-state index contributed by atoms with van der Waals surface area (Å²) in [5.41, 5.74) is 2.60. The Morgan fingerprint density at radius 1 is 0.536 bits per heavy atom. The number of hydrogen-bond donors (Lipinski definition) is 0. The highest BCUT2D eigenvalue weighted by atomic mass is 16.5. The summed E-state index contributed by atoms with van der Waals surface area (Å²) in [6, 6.07) is 6.97. The summed E-state index contributed by atoms with van der Waals surface area (Å²) in [5.74, 6) is 2.06. The minimum absolute atomic E-state index is 0.0351. The average Bonchev–Trinajstić information content (AvgIpc) is 2.73. The second kappa shape index (κ2) is 8.33. The second-order valence-electron chi connectivity index (χ2n) is 6.58. The van der Waals surface area contributed by atoms with Gasteiger partial charge in [-0.3, -0.25) is 9.59 Å². The number of carbonyl (C=O) groups excluding carboxylic acids is 2. The first-order valence-electron chi connectivity index (χ1n) is 9.08. The van der Waals surface area contributed by atoms with Gasteiger partial charge in [-0.15, -0.1) is 0 Å². The number of carbonyl (C=O) groups is 2. The van der Waals surface area contributed by atoms with E-state index in [2.05, 4.69) is 0 Å². The molecule has 6 nitrogen and oxygen atoms in total. The van der Waals surface area contributed by atoms with Crippen LogP contribution in [-0.2, 0) is 12.8 Å². The van der Waals surface area contributed by atoms with E-state index in [9.17, 15) is 9.59 Å². The van der Waals surface area contributed by atoms with Gasteiger partial charge >= 0.3 is 0 Å². The van der Waals surface area contributed by atoms with Crippen molar-refractivity contribution in [2.45, 2.75) is 25.7 Å². The standard InChI is InChI=1S/C22H24O6/c1-25-19-11-21(27-3)15-9-13(19)5-7-17(23)16-10-14(6-8-18(15)24)20(26-2)12-22(16)28-4/h9-12H,5-8H2,1-4H3. The van der Waals surface area contributed by atoms with E-state index >= 15 is 0 Å². The first-order valence-corrected chi connectivity index (χ1v) is 9.08. The number of methoxy groups -OCH3 is 4. The fourth-order valence-corrected chi connectivity index (χ4v) is 3.52. The van der Waals surface area contributed by atoms with E-state index in [-0.39, 0.29) is 24.4 Å². The van der Waals surface area contributed by atoms with Gasteiger partial charge in [-0.25, -0.2) is 0 Å². The lowest BCUT2D eigenvalue weighted by atomic mass is 9.93. The third kappa shape index (κ3) is 3.67. The Morgan fingerprint density at radius 3 is 1.21 bits per heavy atom. The summed E-state index contributed by atoms with van der Waals surface area (Å²) in [6.07, 6.45) is 1.41. The van der Waals surface area contributed by atoms with Gasteiger partial charge in [0.15, 0.2) is 11.6 Å². The molecule has 1 aliphatic rings. The fraction of sp³-hybridized carbons (Fsp3) is 0.364. The van der Waals surface area contributed by atoms with Crippen LogP contribution in [-0.4, -0.2) is 40.0 Å². The van der Waals surface area contributed by atoms with Crippen molar-refractivity contribution in [2.75, 3.05) is 28.4 Å². The molecule has 4 bridgehead atoms. The number of ether oxygens (including phenoxy) is 4. The van der Waals surface area contributed by atoms with Crippen molar-refractivity contribution >= 4 is 11.6 Å². The number of aryl methyl sites for hydroxylation is 2. The highest BCUT2D eigenvalue weighted by molar-refractivity contribution is 6.01. The molecular formula is C22H24O6. The molecule has 148 valence electrons. The van der Waals surface area contributed by atoms with E-state index in [1.165, 1.54) is 14.2 Å². The van der Waals surface area contributed by atoms with Crippen molar-refractivity contribution in [3.05, 3.63) is 46.5 Å². The number of benzene rings is 2. The molecule has 28 heavy (non-hydrogen) atoms. The van der Waals surface area contributed by atoms with Crippen molar-refractivity contribution in [1.29, 1.82) is 0 Å². The molecule has 6 heteroatoms. The van der Waals surface area contributed by atoms with E-state index in [0.717, 1.165) is 11.1 Å². The zero-order chi connectivity index (χ0) is 20.3. The summed E-state index contributed by atoms with van der Waals surface area (Å²) >= 11 is 0. The van der Waals surface area contributed by atoms with Gasteiger partial charge < -0.3 is 18.9 Å². The minimum atomic E-state index is -0.0351. The van der Waals surface area contributed by atoms with Crippen molar-refractivity contribution in [2.24, 2.45) is 0 Å². The number of rotatable bonds is 4. The topological polar surface area (TPSA) is 71.1 Å². The monoisotopic (exact) mass is 384 g/mol. The van der Waals surface area contributed by atoms with Crippen LogP contribution in [0.5, 0.6) is 23.0 Å². The van der Waals surface area contributed by atoms with Gasteiger partial charge in [-0.1, -0.05) is 0 Å². The van der Waals surface area contributed by atoms with Crippen LogP contribution in [0.15, 0.2) is 24.3 Å². The lowest BCUT2D eigenvalue weighted by Crippen LogP contribution is -2.11. The summed E-state index contributed by atoms with van der Waals surface area (Å²) in [4.78, 5) is 25.8. The smallest absolute Gasteiger partial charge is 0.166 e. The van der Waals surface area contributed by atoms with E-state index < -0.39 is 0 Å². The molecule has 0 aromatic heterocycles. The molecular weight excluding hydrogens is 360 g/mol. The molecule has 0 unspecified atom stereocenters. The molecule has 0 amide bonds. The van der Waals surface area contributed by atoms with Crippen molar-refractivity contribution in [3.63, 3.8) is 0 Å². The maximum absolute atomic E-state index is 12.9. The Hall–Kier alpha value is -3.02. The SMILES string of the molecule is COc1cc(OC)c2cc1CCC(=O)c1cc(c(OC)cc1OC)CCC2=O. The summed E-state index contributed by atoms with van der Waals surface area (Å²) in [6.45, 7) is 0. The normalized spacial score (nSPS) is 14.0. The Labute approximate surface area is 164 Å². The first-order chi connectivity index (χ1) is 13.5. The molecule has 0 saturated carbocycles. The van der Waals surface area contributed by atoms with Crippen LogP contribution < -0.4 is 18.9 Å². The van der Waals surface area contributed by atoms with Gasteiger partial charge in [-0.2, -0.15) is 0 Å². The van der Waals surface area contributed by atoms with Gasteiger partial charge in [0, 0.05) is 25.0 Å². The first kappa shape index (κ1) is 19.7. The van der Waals surface area contributed by atoms with Gasteiger partial charge in [0.2, 0.25) is 0 Å². The van der Waals surface area contributed by atoms with E-state index in [1.54, 1.807) is 38.5 Å². The summed E-state index contributed by atoms with van der Waals surface area (Å²) in [5, 5.41) is 0. The maximum Gasteiger partial charge on any atom is 0.166 e. The van der Waals surface area contributed by atoms with E-state index in [1.807, 2.05) is 0 Å². The van der Waals surface area contributed by atoms with Crippen molar-refractivity contribution in [1.82, 2.24) is 0 Å². The maximum atomic E-state index is 12.9. The van der Waals surface area contributed by atoms with Crippen LogP contribution in [0.2, 0.25) is 0 Å². The predicted octanol–water partition coefficient (Wildman–Crippen LogP) is 3.67. The van der Waals surface area contributed by atoms with Gasteiger partial charge in [0.05, 0.1) is 39.6 Å². The van der Waals surface area contributed by atoms with Crippen LogP contribution >= 0.6 is 0 Å². The largest absolute Gasteiger partial charge is 0.496 e. The van der Waals surface area contributed by atoms with Gasteiger partial charge in [0.25, 0.3) is 0 Å². The van der Waals surface area contributed by atoms with Crippen LogP contribution in [0.25, 0.3) is 0 Å². The zero-order valence-corrected chi connectivity index (χ0v) is 16.6.